The van der Waals surface area contributed by atoms with E-state index in [0.29, 0.717) is 6.04 Å². The summed E-state index contributed by atoms with van der Waals surface area (Å²) in [5.41, 5.74) is -0.408. The number of rotatable bonds is 4. The molecule has 2 heterocycles. The Balaban J connectivity index is 1.60. The molecule has 0 saturated carbocycles. The Bertz CT molecular complexity index is 318. The first-order valence-electron chi connectivity index (χ1n) is 7.58. The molecule has 116 valence electrons. The van der Waals surface area contributed by atoms with Crippen molar-refractivity contribution in [1.82, 2.24) is 20.4 Å². The number of hydrogen-bond acceptors (Lipinski definition) is 5. The van der Waals surface area contributed by atoms with E-state index in [4.69, 9.17) is 4.74 Å². The number of nitrogens with zero attached hydrogens (tertiary/aromatic N) is 2. The Morgan fingerprint density at radius 2 is 1.90 bits per heavy atom. The highest BCUT2D eigenvalue weighted by Crippen LogP contribution is 2.11. The van der Waals surface area contributed by atoms with E-state index in [-0.39, 0.29) is 6.09 Å². The molecule has 2 fully saturated rings. The zero-order chi connectivity index (χ0) is 14.6. The van der Waals surface area contributed by atoms with Crippen molar-refractivity contribution in [1.29, 1.82) is 0 Å². The zero-order valence-corrected chi connectivity index (χ0v) is 12.9. The molecule has 0 radical (unpaired) electrons. The molecule has 0 aromatic carbocycles. The third-order valence-corrected chi connectivity index (χ3v) is 3.67. The second kappa shape index (κ2) is 6.74. The van der Waals surface area contributed by atoms with E-state index in [0.717, 1.165) is 52.4 Å². The molecule has 0 unspecified atom stereocenters. The predicted octanol–water partition coefficient (Wildman–Crippen LogP) is 0.101. The monoisotopic (exact) mass is 284 g/mol. The number of carbonyl (C=O) groups excluding carboxylic acids is 1. The quantitative estimate of drug-likeness (QED) is 0.767. The smallest absolute Gasteiger partial charge is 0.410 e. The summed E-state index contributed by atoms with van der Waals surface area (Å²) in [7, 11) is 0. The van der Waals surface area contributed by atoms with Crippen LogP contribution in [-0.4, -0.2) is 79.9 Å². The van der Waals surface area contributed by atoms with E-state index in [2.05, 4.69) is 15.5 Å². The van der Waals surface area contributed by atoms with Gasteiger partial charge in [-0.15, -0.1) is 0 Å². The number of ether oxygens (including phenoxy) is 1. The minimum atomic E-state index is -0.408. The second-order valence-electron chi connectivity index (χ2n) is 6.62. The van der Waals surface area contributed by atoms with Crippen LogP contribution in [0.2, 0.25) is 0 Å². The third-order valence-electron chi connectivity index (χ3n) is 3.67. The molecule has 0 spiro atoms. The van der Waals surface area contributed by atoms with Gasteiger partial charge in [0, 0.05) is 58.4 Å². The van der Waals surface area contributed by atoms with Crippen molar-refractivity contribution in [3.8, 4) is 0 Å². The van der Waals surface area contributed by atoms with E-state index in [1.54, 1.807) is 0 Å². The summed E-state index contributed by atoms with van der Waals surface area (Å²) < 4.78 is 5.40. The van der Waals surface area contributed by atoms with Crippen LogP contribution in [-0.2, 0) is 4.74 Å². The zero-order valence-electron chi connectivity index (χ0n) is 12.9. The summed E-state index contributed by atoms with van der Waals surface area (Å²) in [6.45, 7) is 13.4. The van der Waals surface area contributed by atoms with E-state index >= 15 is 0 Å². The Morgan fingerprint density at radius 1 is 1.25 bits per heavy atom. The highest BCUT2D eigenvalue weighted by atomic mass is 16.6. The topological polar surface area (TPSA) is 56.8 Å². The average molecular weight is 284 g/mol. The van der Waals surface area contributed by atoms with Crippen molar-refractivity contribution >= 4 is 6.09 Å². The lowest BCUT2D eigenvalue weighted by Gasteiger charge is -2.36. The van der Waals surface area contributed by atoms with E-state index in [9.17, 15) is 4.79 Å². The van der Waals surface area contributed by atoms with Crippen molar-refractivity contribution in [2.75, 3.05) is 52.4 Å². The lowest BCUT2D eigenvalue weighted by molar-refractivity contribution is 0.0145. The first-order chi connectivity index (χ1) is 9.44. The number of hydrogen-bond donors (Lipinski definition) is 2. The van der Waals surface area contributed by atoms with Gasteiger partial charge in [0.15, 0.2) is 0 Å². The Morgan fingerprint density at radius 3 is 2.40 bits per heavy atom. The molecule has 2 rings (SSSR count). The number of amides is 1. The molecule has 20 heavy (non-hydrogen) atoms. The fourth-order valence-corrected chi connectivity index (χ4v) is 2.34. The van der Waals surface area contributed by atoms with Gasteiger partial charge in [0.25, 0.3) is 0 Å². The minimum Gasteiger partial charge on any atom is -0.444 e. The second-order valence-corrected chi connectivity index (χ2v) is 6.62. The molecular weight excluding hydrogens is 256 g/mol. The predicted molar refractivity (Wildman–Crippen MR) is 78.9 cm³/mol. The largest absolute Gasteiger partial charge is 0.444 e. The van der Waals surface area contributed by atoms with Crippen molar-refractivity contribution in [3.63, 3.8) is 0 Å². The van der Waals surface area contributed by atoms with E-state index in [1.807, 2.05) is 25.7 Å². The van der Waals surface area contributed by atoms with Gasteiger partial charge >= 0.3 is 6.09 Å². The van der Waals surface area contributed by atoms with Crippen LogP contribution in [0.1, 0.15) is 20.8 Å². The SMILES string of the molecule is CC(C)(C)OC(=O)N1CCN(CCNC2CNC2)CC1. The molecule has 2 N–H and O–H groups in total. The van der Waals surface area contributed by atoms with Gasteiger partial charge in [-0.2, -0.15) is 0 Å². The Labute approximate surface area is 121 Å². The number of carbonyl (C=O) groups is 1. The lowest BCUT2D eigenvalue weighted by atomic mass is 10.2. The molecule has 0 aromatic heterocycles. The average Bonchev–Trinajstić information content (AvgIpc) is 2.31. The van der Waals surface area contributed by atoms with Gasteiger partial charge < -0.3 is 20.3 Å². The van der Waals surface area contributed by atoms with Crippen LogP contribution in [0, 0.1) is 0 Å². The van der Waals surface area contributed by atoms with E-state index in [1.165, 1.54) is 0 Å². The molecule has 2 aliphatic heterocycles. The molecule has 6 heteroatoms. The van der Waals surface area contributed by atoms with Crippen LogP contribution < -0.4 is 10.6 Å². The summed E-state index contributed by atoms with van der Waals surface area (Å²) >= 11 is 0. The number of piperazine rings is 1. The summed E-state index contributed by atoms with van der Waals surface area (Å²) in [5, 5.41) is 6.77. The standard InChI is InChI=1S/C14H28N4O2/c1-14(2,3)20-13(19)18-8-6-17(7-9-18)5-4-16-12-10-15-11-12/h12,15-16H,4-11H2,1-3H3. The van der Waals surface area contributed by atoms with Crippen LogP contribution in [0.15, 0.2) is 0 Å². The molecule has 6 nitrogen and oxygen atoms in total. The van der Waals surface area contributed by atoms with Crippen molar-refractivity contribution < 1.29 is 9.53 Å². The van der Waals surface area contributed by atoms with Crippen LogP contribution in [0.3, 0.4) is 0 Å². The maximum Gasteiger partial charge on any atom is 0.410 e. The maximum atomic E-state index is 11.9. The minimum absolute atomic E-state index is 0.184. The van der Waals surface area contributed by atoms with Gasteiger partial charge in [0.05, 0.1) is 0 Å². The molecule has 1 amide bonds. The van der Waals surface area contributed by atoms with Gasteiger partial charge in [-0.25, -0.2) is 4.79 Å². The van der Waals surface area contributed by atoms with Crippen molar-refractivity contribution in [2.24, 2.45) is 0 Å². The Kier molecular flexibility index (Phi) is 5.23. The highest BCUT2D eigenvalue weighted by molar-refractivity contribution is 5.68. The summed E-state index contributed by atoms with van der Waals surface area (Å²) in [6, 6.07) is 0.651. The molecule has 2 aliphatic rings. The molecule has 0 aliphatic carbocycles. The van der Waals surface area contributed by atoms with Crippen molar-refractivity contribution in [2.45, 2.75) is 32.4 Å². The van der Waals surface area contributed by atoms with Crippen LogP contribution >= 0.6 is 0 Å². The third kappa shape index (κ3) is 4.92. The van der Waals surface area contributed by atoms with Crippen LogP contribution in [0.5, 0.6) is 0 Å². The van der Waals surface area contributed by atoms with Crippen LogP contribution in [0.25, 0.3) is 0 Å². The normalized spacial score (nSPS) is 21.6. The maximum absolute atomic E-state index is 11.9. The highest BCUT2D eigenvalue weighted by Gasteiger charge is 2.25. The summed E-state index contributed by atoms with van der Waals surface area (Å²) in [4.78, 5) is 16.1. The first kappa shape index (κ1) is 15.5. The lowest BCUT2D eigenvalue weighted by Crippen LogP contribution is -2.57. The summed E-state index contributed by atoms with van der Waals surface area (Å²) in [5.74, 6) is 0. The fourth-order valence-electron chi connectivity index (χ4n) is 2.34. The van der Waals surface area contributed by atoms with Gasteiger partial charge in [-0.1, -0.05) is 0 Å². The van der Waals surface area contributed by atoms with Gasteiger partial charge in [0.1, 0.15) is 5.60 Å². The molecule has 2 saturated heterocycles. The van der Waals surface area contributed by atoms with Gasteiger partial charge in [0.2, 0.25) is 0 Å². The molecule has 0 bridgehead atoms. The van der Waals surface area contributed by atoms with Gasteiger partial charge in [-0.05, 0) is 20.8 Å². The number of nitrogens with one attached hydrogen (secondary N) is 2. The van der Waals surface area contributed by atoms with Crippen LogP contribution in [0.4, 0.5) is 4.79 Å². The molecular formula is C14H28N4O2. The summed E-state index contributed by atoms with van der Waals surface area (Å²) in [6.07, 6.45) is -0.184. The van der Waals surface area contributed by atoms with Gasteiger partial charge in [-0.3, -0.25) is 4.90 Å². The first-order valence-corrected chi connectivity index (χ1v) is 7.58. The Hall–Kier alpha value is -0.850. The molecule has 0 aromatic rings. The van der Waals surface area contributed by atoms with E-state index < -0.39 is 5.60 Å². The molecule has 0 atom stereocenters. The fraction of sp³-hybridized carbons (Fsp3) is 0.929. The van der Waals surface area contributed by atoms with Crippen molar-refractivity contribution in [3.05, 3.63) is 0 Å².